The molecule has 2 saturated carbocycles. The molecule has 23 heavy (non-hydrogen) atoms. The second-order valence-corrected chi connectivity index (χ2v) is 7.65. The topological polar surface area (TPSA) is 54.9 Å². The standard InChI is InChI=1S/C18H21N3OS/c22-17(12-4-2-1-3-5-12)21-16-10-14(8-9-19-16)15-11-20-18(23-15)13-6-7-13/h8-13H,1-7H2,(H,19,21,22). The van der Waals surface area contributed by atoms with Crippen molar-refractivity contribution in [1.82, 2.24) is 9.97 Å². The van der Waals surface area contributed by atoms with Crippen molar-refractivity contribution in [3.8, 4) is 10.4 Å². The summed E-state index contributed by atoms with van der Waals surface area (Å²) in [6, 6.07) is 3.95. The van der Waals surface area contributed by atoms with E-state index >= 15 is 0 Å². The largest absolute Gasteiger partial charge is 0.310 e. The number of carbonyl (C=O) groups is 1. The molecular weight excluding hydrogens is 306 g/mol. The quantitative estimate of drug-likeness (QED) is 0.893. The van der Waals surface area contributed by atoms with Gasteiger partial charge in [0.15, 0.2) is 0 Å². The van der Waals surface area contributed by atoms with Crippen LogP contribution in [0.2, 0.25) is 0 Å². The van der Waals surface area contributed by atoms with Crippen molar-refractivity contribution >= 4 is 23.1 Å². The molecule has 5 heteroatoms. The summed E-state index contributed by atoms with van der Waals surface area (Å²) < 4.78 is 0. The third kappa shape index (κ3) is 3.44. The molecule has 2 aromatic heterocycles. The van der Waals surface area contributed by atoms with E-state index in [2.05, 4.69) is 15.3 Å². The Morgan fingerprint density at radius 3 is 2.74 bits per heavy atom. The molecule has 4 nitrogen and oxygen atoms in total. The number of amides is 1. The number of nitrogens with zero attached hydrogens (tertiary/aromatic N) is 2. The van der Waals surface area contributed by atoms with E-state index in [4.69, 9.17) is 0 Å². The van der Waals surface area contributed by atoms with Crippen LogP contribution in [-0.2, 0) is 4.79 Å². The van der Waals surface area contributed by atoms with Gasteiger partial charge < -0.3 is 5.32 Å². The van der Waals surface area contributed by atoms with Gasteiger partial charge in [-0.2, -0.15) is 0 Å². The highest BCUT2D eigenvalue weighted by molar-refractivity contribution is 7.15. The van der Waals surface area contributed by atoms with Gasteiger partial charge in [0.25, 0.3) is 0 Å². The lowest BCUT2D eigenvalue weighted by molar-refractivity contribution is -0.120. The van der Waals surface area contributed by atoms with Crippen LogP contribution in [0.4, 0.5) is 5.82 Å². The first-order valence-corrected chi connectivity index (χ1v) is 9.34. The number of carbonyl (C=O) groups excluding carboxylic acids is 1. The molecule has 0 spiro atoms. The van der Waals surface area contributed by atoms with Gasteiger partial charge in [-0.05, 0) is 43.4 Å². The van der Waals surface area contributed by atoms with Crippen molar-refractivity contribution in [3.05, 3.63) is 29.5 Å². The molecule has 0 saturated heterocycles. The molecule has 0 aliphatic heterocycles. The lowest BCUT2D eigenvalue weighted by atomic mass is 9.89. The van der Waals surface area contributed by atoms with E-state index in [0.717, 1.165) is 36.1 Å². The van der Waals surface area contributed by atoms with Gasteiger partial charge in [-0.25, -0.2) is 9.97 Å². The number of anilines is 1. The molecule has 1 amide bonds. The summed E-state index contributed by atoms with van der Waals surface area (Å²) in [7, 11) is 0. The molecule has 120 valence electrons. The Balaban J connectivity index is 1.47. The van der Waals surface area contributed by atoms with Crippen LogP contribution in [-0.4, -0.2) is 15.9 Å². The maximum Gasteiger partial charge on any atom is 0.228 e. The van der Waals surface area contributed by atoms with Gasteiger partial charge >= 0.3 is 0 Å². The Kier molecular flexibility index (Phi) is 4.12. The van der Waals surface area contributed by atoms with Crippen LogP contribution in [0.5, 0.6) is 0 Å². The minimum atomic E-state index is 0.123. The molecule has 0 atom stereocenters. The monoisotopic (exact) mass is 327 g/mol. The smallest absolute Gasteiger partial charge is 0.228 e. The number of hydrogen-bond donors (Lipinski definition) is 1. The highest BCUT2D eigenvalue weighted by Crippen LogP contribution is 2.43. The van der Waals surface area contributed by atoms with Gasteiger partial charge in [0, 0.05) is 24.2 Å². The van der Waals surface area contributed by atoms with Crippen LogP contribution >= 0.6 is 11.3 Å². The molecule has 0 radical (unpaired) electrons. The van der Waals surface area contributed by atoms with Crippen LogP contribution < -0.4 is 5.32 Å². The van der Waals surface area contributed by atoms with E-state index in [9.17, 15) is 4.79 Å². The number of aromatic nitrogens is 2. The Hall–Kier alpha value is -1.75. The summed E-state index contributed by atoms with van der Waals surface area (Å²) in [5, 5.41) is 4.24. The van der Waals surface area contributed by atoms with E-state index in [1.54, 1.807) is 17.5 Å². The highest BCUT2D eigenvalue weighted by atomic mass is 32.1. The average molecular weight is 327 g/mol. The summed E-state index contributed by atoms with van der Waals surface area (Å²) in [6.45, 7) is 0. The zero-order chi connectivity index (χ0) is 15.6. The summed E-state index contributed by atoms with van der Waals surface area (Å²) in [5.74, 6) is 1.61. The van der Waals surface area contributed by atoms with E-state index in [1.807, 2.05) is 18.3 Å². The van der Waals surface area contributed by atoms with E-state index in [-0.39, 0.29) is 11.8 Å². The summed E-state index contributed by atoms with van der Waals surface area (Å²) in [5.41, 5.74) is 1.09. The molecule has 0 unspecified atom stereocenters. The lowest BCUT2D eigenvalue weighted by Gasteiger charge is -2.20. The normalized spacial score (nSPS) is 18.8. The van der Waals surface area contributed by atoms with E-state index in [1.165, 1.54) is 24.3 Å². The number of nitrogens with one attached hydrogen (secondary N) is 1. The number of hydrogen-bond acceptors (Lipinski definition) is 4. The van der Waals surface area contributed by atoms with Crippen molar-refractivity contribution in [2.24, 2.45) is 5.92 Å². The molecule has 0 bridgehead atoms. The van der Waals surface area contributed by atoms with Crippen LogP contribution in [0.3, 0.4) is 0 Å². The van der Waals surface area contributed by atoms with Crippen LogP contribution in [0, 0.1) is 5.92 Å². The Morgan fingerprint density at radius 1 is 1.13 bits per heavy atom. The second kappa shape index (κ2) is 6.40. The fraction of sp³-hybridized carbons (Fsp3) is 0.500. The molecule has 2 aliphatic carbocycles. The fourth-order valence-electron chi connectivity index (χ4n) is 3.19. The van der Waals surface area contributed by atoms with Crippen LogP contribution in [0.15, 0.2) is 24.5 Å². The first-order valence-electron chi connectivity index (χ1n) is 8.52. The fourth-order valence-corrected chi connectivity index (χ4v) is 4.27. The zero-order valence-corrected chi connectivity index (χ0v) is 13.9. The van der Waals surface area contributed by atoms with Crippen molar-refractivity contribution in [3.63, 3.8) is 0 Å². The second-order valence-electron chi connectivity index (χ2n) is 6.59. The SMILES string of the molecule is O=C(Nc1cc(-c2cnc(C3CC3)s2)ccn1)C1CCCCC1. The Morgan fingerprint density at radius 2 is 1.96 bits per heavy atom. The van der Waals surface area contributed by atoms with Crippen molar-refractivity contribution in [2.45, 2.75) is 50.9 Å². The van der Waals surface area contributed by atoms with Gasteiger partial charge in [0.1, 0.15) is 5.82 Å². The lowest BCUT2D eigenvalue weighted by Crippen LogP contribution is -2.25. The van der Waals surface area contributed by atoms with Crippen LogP contribution in [0.1, 0.15) is 55.9 Å². The molecule has 1 N–H and O–H groups in total. The summed E-state index contributed by atoms with van der Waals surface area (Å²) in [6.07, 6.45) is 11.8. The third-order valence-corrected chi connectivity index (χ3v) is 5.93. The van der Waals surface area contributed by atoms with Gasteiger partial charge in [-0.3, -0.25) is 4.79 Å². The van der Waals surface area contributed by atoms with Crippen molar-refractivity contribution in [1.29, 1.82) is 0 Å². The maximum atomic E-state index is 12.4. The first kappa shape index (κ1) is 14.8. The number of pyridine rings is 1. The number of rotatable bonds is 4. The van der Waals surface area contributed by atoms with Crippen LogP contribution in [0.25, 0.3) is 10.4 Å². The summed E-state index contributed by atoms with van der Waals surface area (Å²) >= 11 is 1.76. The Bertz CT molecular complexity index is 702. The molecule has 2 aromatic rings. The van der Waals surface area contributed by atoms with Gasteiger partial charge in [0.05, 0.1) is 9.88 Å². The minimum Gasteiger partial charge on any atom is -0.310 e. The van der Waals surface area contributed by atoms with E-state index < -0.39 is 0 Å². The highest BCUT2D eigenvalue weighted by Gasteiger charge is 2.27. The molecule has 4 rings (SSSR count). The average Bonchev–Trinajstić information content (AvgIpc) is 3.33. The first-order chi connectivity index (χ1) is 11.3. The molecular formula is C18H21N3OS. The molecule has 2 heterocycles. The van der Waals surface area contributed by atoms with Crippen molar-refractivity contribution < 1.29 is 4.79 Å². The van der Waals surface area contributed by atoms with Gasteiger partial charge in [-0.1, -0.05) is 19.3 Å². The minimum absolute atomic E-state index is 0.123. The number of thiazole rings is 1. The predicted molar refractivity (Wildman–Crippen MR) is 92.5 cm³/mol. The predicted octanol–water partition coefficient (Wildman–Crippen LogP) is 4.60. The molecule has 2 aliphatic rings. The van der Waals surface area contributed by atoms with Gasteiger partial charge in [-0.15, -0.1) is 11.3 Å². The molecule has 0 aromatic carbocycles. The van der Waals surface area contributed by atoms with Crippen molar-refractivity contribution in [2.75, 3.05) is 5.32 Å². The molecule has 2 fully saturated rings. The zero-order valence-electron chi connectivity index (χ0n) is 13.1. The third-order valence-electron chi connectivity index (χ3n) is 4.72. The summed E-state index contributed by atoms with van der Waals surface area (Å²) in [4.78, 5) is 22.3. The maximum absolute atomic E-state index is 12.4. The van der Waals surface area contributed by atoms with Gasteiger partial charge in [0.2, 0.25) is 5.91 Å². The van der Waals surface area contributed by atoms with E-state index in [0.29, 0.717) is 11.7 Å². The Labute approximate surface area is 140 Å².